The molecule has 0 amide bonds. The fourth-order valence-electron chi connectivity index (χ4n) is 11.4. The van der Waals surface area contributed by atoms with E-state index in [1.165, 1.54) is 154 Å². The average Bonchev–Trinajstić information content (AvgIpc) is 0.926. The summed E-state index contributed by atoms with van der Waals surface area (Å²) in [7, 11) is -9.97. The Morgan fingerprint density at radius 2 is 0.481 bits per heavy atom. The van der Waals surface area contributed by atoms with E-state index in [9.17, 15) is 43.2 Å². The predicted octanol–water partition coefficient (Wildman–Crippen LogP) is 24.6. The van der Waals surface area contributed by atoms with Crippen LogP contribution in [0.25, 0.3) is 0 Å². The monoisotopic (exact) mass is 1510 g/mol. The molecule has 19 heteroatoms. The molecule has 0 bridgehead atoms. The van der Waals surface area contributed by atoms with Gasteiger partial charge in [0.1, 0.15) is 19.3 Å². The lowest BCUT2D eigenvalue weighted by molar-refractivity contribution is -0.161. The molecular weight excluding hydrogens is 1350 g/mol. The second-order valence-corrected chi connectivity index (χ2v) is 31.0. The van der Waals surface area contributed by atoms with Crippen LogP contribution in [-0.4, -0.2) is 96.7 Å². The molecular formula is C85H152O17P2. The van der Waals surface area contributed by atoms with Gasteiger partial charge in [-0.25, -0.2) is 9.13 Å². The SMILES string of the molecule is CCCCC/C=C\C/C=C\C/C=C\C/C=C\CCCC(=O)OC[C@H](COP(=O)(O)OC[C@H](O)COP(=O)(O)OC[C@@H](COC(=O)CCCCCCC/C=C\CCCCCCCC)OC(=O)CCCCCCC/C=C\C/C=C\CCCCC)OC(=O)CCCCCCCCCCCCCCCCCCC. The van der Waals surface area contributed by atoms with Crippen LogP contribution in [0.5, 0.6) is 0 Å². The number of esters is 4. The molecule has 0 aromatic carbocycles. The summed E-state index contributed by atoms with van der Waals surface area (Å²) in [5.41, 5.74) is 0. The predicted molar refractivity (Wildman–Crippen MR) is 427 cm³/mol. The zero-order valence-corrected chi connectivity index (χ0v) is 68.0. The minimum absolute atomic E-state index is 0.0783. The zero-order valence-electron chi connectivity index (χ0n) is 66.2. The molecule has 0 rings (SSSR count). The van der Waals surface area contributed by atoms with Crippen LogP contribution >= 0.6 is 15.6 Å². The van der Waals surface area contributed by atoms with E-state index in [1.807, 2.05) is 12.2 Å². The molecule has 0 aliphatic heterocycles. The van der Waals surface area contributed by atoms with Gasteiger partial charge in [-0.2, -0.15) is 0 Å². The number of hydrogen-bond donors (Lipinski definition) is 3. The maximum absolute atomic E-state index is 13.1. The van der Waals surface area contributed by atoms with Gasteiger partial charge in [0.15, 0.2) is 12.2 Å². The van der Waals surface area contributed by atoms with Crippen LogP contribution in [0.4, 0.5) is 0 Å². The van der Waals surface area contributed by atoms with Crippen molar-refractivity contribution in [3.8, 4) is 0 Å². The molecule has 0 saturated heterocycles. The number of unbranched alkanes of at least 4 members (excludes halogenated alkanes) is 39. The van der Waals surface area contributed by atoms with E-state index in [-0.39, 0.29) is 25.7 Å². The van der Waals surface area contributed by atoms with Crippen molar-refractivity contribution >= 4 is 39.5 Å². The molecule has 0 spiro atoms. The number of carbonyl (C=O) groups excluding carboxylic acids is 4. The normalized spacial score (nSPS) is 14.3. The Morgan fingerprint density at radius 1 is 0.269 bits per heavy atom. The molecule has 604 valence electrons. The van der Waals surface area contributed by atoms with Gasteiger partial charge in [-0.3, -0.25) is 37.3 Å². The number of carbonyl (C=O) groups is 4. The fraction of sp³-hybridized carbons (Fsp3) is 0.788. The van der Waals surface area contributed by atoms with Crippen molar-refractivity contribution in [1.82, 2.24) is 0 Å². The summed E-state index contributed by atoms with van der Waals surface area (Å²) < 4.78 is 68.7. The van der Waals surface area contributed by atoms with Gasteiger partial charge in [0, 0.05) is 25.7 Å². The molecule has 5 atom stereocenters. The number of phosphoric ester groups is 2. The highest BCUT2D eigenvalue weighted by atomic mass is 31.2. The quantitative estimate of drug-likeness (QED) is 0.0169. The van der Waals surface area contributed by atoms with Crippen LogP contribution in [0, 0.1) is 0 Å². The molecule has 3 N–H and O–H groups in total. The van der Waals surface area contributed by atoms with Gasteiger partial charge in [0.25, 0.3) is 0 Å². The second-order valence-electron chi connectivity index (χ2n) is 28.1. The lowest BCUT2D eigenvalue weighted by Crippen LogP contribution is -2.30. The van der Waals surface area contributed by atoms with Gasteiger partial charge in [0.2, 0.25) is 0 Å². The number of hydrogen-bond acceptors (Lipinski definition) is 15. The number of aliphatic hydroxyl groups is 1. The van der Waals surface area contributed by atoms with Gasteiger partial charge < -0.3 is 33.8 Å². The molecule has 0 radical (unpaired) electrons. The first-order valence-corrected chi connectivity index (χ1v) is 44.8. The van der Waals surface area contributed by atoms with E-state index >= 15 is 0 Å². The first kappa shape index (κ1) is 100. The molecule has 0 aliphatic carbocycles. The van der Waals surface area contributed by atoms with E-state index in [0.717, 1.165) is 135 Å². The first-order valence-electron chi connectivity index (χ1n) is 41.8. The van der Waals surface area contributed by atoms with Crippen LogP contribution < -0.4 is 0 Å². The van der Waals surface area contributed by atoms with Crippen molar-refractivity contribution in [1.29, 1.82) is 0 Å². The minimum Gasteiger partial charge on any atom is -0.462 e. The molecule has 0 saturated carbocycles. The smallest absolute Gasteiger partial charge is 0.462 e. The topological polar surface area (TPSA) is 237 Å². The molecule has 0 aromatic heterocycles. The van der Waals surface area contributed by atoms with Gasteiger partial charge >= 0.3 is 39.5 Å². The highest BCUT2D eigenvalue weighted by molar-refractivity contribution is 7.47. The van der Waals surface area contributed by atoms with E-state index in [1.54, 1.807) is 0 Å². The summed E-state index contributed by atoms with van der Waals surface area (Å²) in [6, 6.07) is 0. The number of rotatable bonds is 79. The highest BCUT2D eigenvalue weighted by Crippen LogP contribution is 2.45. The lowest BCUT2D eigenvalue weighted by atomic mass is 10.0. The number of ether oxygens (including phenoxy) is 4. The van der Waals surface area contributed by atoms with E-state index in [2.05, 4.69) is 101 Å². The summed E-state index contributed by atoms with van der Waals surface area (Å²) in [5.74, 6) is -2.24. The van der Waals surface area contributed by atoms with Gasteiger partial charge in [-0.15, -0.1) is 0 Å². The van der Waals surface area contributed by atoms with Gasteiger partial charge in [0.05, 0.1) is 26.4 Å². The number of phosphoric acid groups is 2. The Hall–Kier alpha value is -3.76. The summed E-state index contributed by atoms with van der Waals surface area (Å²) in [4.78, 5) is 73.1. The molecule has 2 unspecified atom stereocenters. The summed E-state index contributed by atoms with van der Waals surface area (Å²) in [5, 5.41) is 10.7. The molecule has 104 heavy (non-hydrogen) atoms. The third kappa shape index (κ3) is 76.4. The van der Waals surface area contributed by atoms with Crippen LogP contribution in [0.2, 0.25) is 0 Å². The molecule has 0 heterocycles. The van der Waals surface area contributed by atoms with Crippen molar-refractivity contribution in [2.75, 3.05) is 39.6 Å². The Bertz CT molecular complexity index is 2300. The Labute approximate surface area is 634 Å². The molecule has 0 fully saturated rings. The zero-order chi connectivity index (χ0) is 76.0. The van der Waals surface area contributed by atoms with E-state index < -0.39 is 97.5 Å². The van der Waals surface area contributed by atoms with Crippen LogP contribution in [0.1, 0.15) is 374 Å². The van der Waals surface area contributed by atoms with Crippen LogP contribution in [0.15, 0.2) is 85.1 Å². The van der Waals surface area contributed by atoms with E-state index in [0.29, 0.717) is 32.1 Å². The molecule has 0 aromatic rings. The summed E-state index contributed by atoms with van der Waals surface area (Å²) >= 11 is 0. The third-order valence-corrected chi connectivity index (χ3v) is 19.7. The van der Waals surface area contributed by atoms with Gasteiger partial charge in [-0.1, -0.05) is 312 Å². The summed E-state index contributed by atoms with van der Waals surface area (Å²) in [6.07, 6.45) is 81.3. The van der Waals surface area contributed by atoms with Crippen molar-refractivity contribution in [2.45, 2.75) is 393 Å². The lowest BCUT2D eigenvalue weighted by Gasteiger charge is -2.21. The van der Waals surface area contributed by atoms with Crippen molar-refractivity contribution < 1.29 is 80.2 Å². The minimum atomic E-state index is -4.99. The van der Waals surface area contributed by atoms with E-state index in [4.69, 9.17) is 37.0 Å². The average molecular weight is 1510 g/mol. The molecule has 0 aliphatic rings. The largest absolute Gasteiger partial charge is 0.472 e. The van der Waals surface area contributed by atoms with Crippen molar-refractivity contribution in [3.63, 3.8) is 0 Å². The van der Waals surface area contributed by atoms with Gasteiger partial charge in [-0.05, 0) is 122 Å². The molecule has 17 nitrogen and oxygen atoms in total. The maximum atomic E-state index is 13.1. The third-order valence-electron chi connectivity index (χ3n) is 17.8. The Balaban J connectivity index is 5.40. The Kier molecular flexibility index (Phi) is 74.6. The first-order chi connectivity index (χ1) is 50.7. The fourth-order valence-corrected chi connectivity index (χ4v) is 13.0. The standard InChI is InChI=1S/C85H152O17P2/c1-5-9-13-17-21-25-29-33-37-39-43-46-50-54-58-62-66-70-83(88)96-76-81(102-85(90)72-68-64-60-56-52-48-44-40-38-34-30-26-22-18-14-10-6-2)78-100-104(93,94)98-74-79(86)73-97-103(91,92)99-77-80(101-84(89)71-67-63-59-55-51-47-42-36-32-28-24-20-16-12-8-4)75-95-82(87)69-65-61-57-53-49-45-41-35-31-27-23-19-15-11-7-3/h21,24-25,28,33,35-37,41-43,46,54,58,79-81,86H,5-20,22-23,26-27,29-32,34,38-40,44-45,47-53,55-57,59-78H2,1-4H3,(H,91,92)(H,93,94)/b25-21-,28-24-,37-33-,41-35-,42-36-,46-43-,58-54-/t79-,80-,81-/m1/s1. The van der Waals surface area contributed by atoms with Crippen molar-refractivity contribution in [3.05, 3.63) is 85.1 Å². The number of aliphatic hydroxyl groups excluding tert-OH is 1. The maximum Gasteiger partial charge on any atom is 0.472 e. The Morgan fingerprint density at radius 3 is 0.788 bits per heavy atom. The highest BCUT2D eigenvalue weighted by Gasteiger charge is 2.30. The van der Waals surface area contributed by atoms with Crippen LogP contribution in [0.3, 0.4) is 0 Å². The summed E-state index contributed by atoms with van der Waals surface area (Å²) in [6.45, 7) is 4.80. The number of allylic oxidation sites excluding steroid dienone is 14. The second kappa shape index (κ2) is 77.4. The van der Waals surface area contributed by atoms with Crippen LogP contribution in [-0.2, 0) is 65.4 Å². The van der Waals surface area contributed by atoms with Crippen molar-refractivity contribution in [2.24, 2.45) is 0 Å².